The third kappa shape index (κ3) is 4.48. The van der Waals surface area contributed by atoms with E-state index in [2.05, 4.69) is 48.3 Å². The molecule has 1 saturated heterocycles. The van der Waals surface area contributed by atoms with Crippen LogP contribution < -0.4 is 5.32 Å². The van der Waals surface area contributed by atoms with Crippen LogP contribution in [0.5, 0.6) is 0 Å². The first kappa shape index (κ1) is 17.7. The minimum Gasteiger partial charge on any atom is -0.353 e. The molecule has 1 N–H and O–H groups in total. The zero-order valence-corrected chi connectivity index (χ0v) is 15.1. The minimum absolute atomic E-state index is 0.0315. The fourth-order valence-electron chi connectivity index (χ4n) is 3.51. The third-order valence-corrected chi connectivity index (χ3v) is 5.07. The van der Waals surface area contributed by atoms with Crippen molar-refractivity contribution in [2.24, 2.45) is 0 Å². The van der Waals surface area contributed by atoms with Gasteiger partial charge >= 0.3 is 0 Å². The van der Waals surface area contributed by atoms with Crippen molar-refractivity contribution in [3.05, 3.63) is 47.0 Å². The topological polar surface area (TPSA) is 52.7 Å². The van der Waals surface area contributed by atoms with Crippen molar-refractivity contribution >= 4 is 11.8 Å². The summed E-state index contributed by atoms with van der Waals surface area (Å²) in [5, 5.41) is 2.91. The van der Waals surface area contributed by atoms with Gasteiger partial charge in [-0.05, 0) is 25.8 Å². The molecule has 0 aromatic heterocycles. The number of piperazine rings is 1. The van der Waals surface area contributed by atoms with Crippen LogP contribution in [-0.2, 0) is 16.1 Å². The number of carbonyl (C=O) groups excluding carboxylic acids is 2. The zero-order chi connectivity index (χ0) is 17.8. The summed E-state index contributed by atoms with van der Waals surface area (Å²) in [5.74, 6) is 0.0380. The smallest absolute Gasteiger partial charge is 0.237 e. The van der Waals surface area contributed by atoms with Gasteiger partial charge in [0, 0.05) is 32.7 Å². The number of aryl methyl sites for hydroxylation is 1. The Hall–Kier alpha value is -2.14. The molecule has 5 heteroatoms. The number of carbonyl (C=O) groups is 2. The van der Waals surface area contributed by atoms with Crippen molar-refractivity contribution in [2.75, 3.05) is 26.2 Å². The molecule has 1 aromatic rings. The Bertz CT molecular complexity index is 683. The second kappa shape index (κ2) is 7.83. The first-order chi connectivity index (χ1) is 12.0. The quantitative estimate of drug-likeness (QED) is 0.851. The molecule has 2 aliphatic rings. The van der Waals surface area contributed by atoms with E-state index in [4.69, 9.17) is 0 Å². The molecule has 0 spiro atoms. The summed E-state index contributed by atoms with van der Waals surface area (Å²) >= 11 is 0. The van der Waals surface area contributed by atoms with Crippen molar-refractivity contribution < 1.29 is 9.59 Å². The number of benzene rings is 1. The normalized spacial score (nSPS) is 21.7. The number of amides is 2. The van der Waals surface area contributed by atoms with Crippen LogP contribution in [-0.4, -0.2) is 53.8 Å². The molecule has 2 heterocycles. The van der Waals surface area contributed by atoms with Crippen LogP contribution in [0.1, 0.15) is 30.9 Å². The van der Waals surface area contributed by atoms with Crippen LogP contribution >= 0.6 is 0 Å². The van der Waals surface area contributed by atoms with Crippen molar-refractivity contribution in [1.82, 2.24) is 15.1 Å². The van der Waals surface area contributed by atoms with E-state index in [-0.39, 0.29) is 24.3 Å². The predicted molar refractivity (Wildman–Crippen MR) is 98.0 cm³/mol. The zero-order valence-electron chi connectivity index (χ0n) is 15.1. The van der Waals surface area contributed by atoms with Gasteiger partial charge in [-0.25, -0.2) is 0 Å². The average Bonchev–Trinajstić information content (AvgIpc) is 2.58. The Kier molecular flexibility index (Phi) is 5.53. The molecule has 0 radical (unpaired) electrons. The van der Waals surface area contributed by atoms with E-state index in [1.165, 1.54) is 16.7 Å². The van der Waals surface area contributed by atoms with E-state index < -0.39 is 0 Å². The SMILES string of the molecule is CC1=CCN(C(=O)C[C@H]2C(=O)NCCN2Cc2cccc(C)c2)CC1. The van der Waals surface area contributed by atoms with Gasteiger partial charge in [-0.3, -0.25) is 14.5 Å². The molecule has 0 bridgehead atoms. The molecule has 0 unspecified atom stereocenters. The highest BCUT2D eigenvalue weighted by atomic mass is 16.2. The summed E-state index contributed by atoms with van der Waals surface area (Å²) in [6.45, 7) is 7.70. The maximum atomic E-state index is 12.7. The summed E-state index contributed by atoms with van der Waals surface area (Å²) in [4.78, 5) is 29.1. The number of hydrogen-bond acceptors (Lipinski definition) is 3. The lowest BCUT2D eigenvalue weighted by atomic mass is 10.0. The summed E-state index contributed by atoms with van der Waals surface area (Å²) < 4.78 is 0. The van der Waals surface area contributed by atoms with Gasteiger partial charge in [-0.15, -0.1) is 0 Å². The average molecular weight is 341 g/mol. The van der Waals surface area contributed by atoms with Crippen molar-refractivity contribution in [3.8, 4) is 0 Å². The molecule has 25 heavy (non-hydrogen) atoms. The highest BCUT2D eigenvalue weighted by molar-refractivity contribution is 5.89. The number of nitrogens with one attached hydrogen (secondary N) is 1. The molecule has 1 atom stereocenters. The van der Waals surface area contributed by atoms with Gasteiger partial charge in [0.05, 0.1) is 12.5 Å². The van der Waals surface area contributed by atoms with E-state index in [1.54, 1.807) is 0 Å². The van der Waals surface area contributed by atoms with Crippen LogP contribution in [0.3, 0.4) is 0 Å². The Morgan fingerprint density at radius 2 is 2.12 bits per heavy atom. The summed E-state index contributed by atoms with van der Waals surface area (Å²) in [5.41, 5.74) is 3.73. The molecule has 2 amide bonds. The third-order valence-electron chi connectivity index (χ3n) is 5.07. The van der Waals surface area contributed by atoms with Gasteiger partial charge in [-0.2, -0.15) is 0 Å². The number of nitrogens with zero attached hydrogens (tertiary/aromatic N) is 2. The van der Waals surface area contributed by atoms with Gasteiger partial charge in [0.15, 0.2) is 0 Å². The lowest BCUT2D eigenvalue weighted by Crippen LogP contribution is -2.56. The summed E-state index contributed by atoms with van der Waals surface area (Å²) in [6.07, 6.45) is 3.28. The molecule has 3 rings (SSSR count). The maximum Gasteiger partial charge on any atom is 0.237 e. The summed E-state index contributed by atoms with van der Waals surface area (Å²) in [7, 11) is 0. The first-order valence-electron chi connectivity index (χ1n) is 9.03. The van der Waals surface area contributed by atoms with Gasteiger partial charge in [-0.1, -0.05) is 41.5 Å². The van der Waals surface area contributed by atoms with Crippen molar-refractivity contribution in [3.63, 3.8) is 0 Å². The standard InChI is InChI=1S/C20H27N3O2/c1-15-6-9-22(10-7-15)19(24)13-18-20(25)21-8-11-23(18)14-17-5-3-4-16(2)12-17/h3-6,12,18H,7-11,13-14H2,1-2H3,(H,21,25)/t18-/m0/s1. The van der Waals surface area contributed by atoms with Gasteiger partial charge in [0.1, 0.15) is 0 Å². The minimum atomic E-state index is -0.381. The molecule has 0 saturated carbocycles. The highest BCUT2D eigenvalue weighted by Gasteiger charge is 2.33. The van der Waals surface area contributed by atoms with E-state index in [0.29, 0.717) is 19.6 Å². The number of rotatable bonds is 4. The van der Waals surface area contributed by atoms with Crippen molar-refractivity contribution in [2.45, 2.75) is 39.3 Å². The fourth-order valence-corrected chi connectivity index (χ4v) is 3.51. The van der Waals surface area contributed by atoms with Gasteiger partial charge < -0.3 is 10.2 Å². The first-order valence-corrected chi connectivity index (χ1v) is 9.03. The molecule has 5 nitrogen and oxygen atoms in total. The highest BCUT2D eigenvalue weighted by Crippen LogP contribution is 2.17. The predicted octanol–water partition coefficient (Wildman–Crippen LogP) is 1.86. The molecule has 0 aliphatic carbocycles. The molecule has 2 aliphatic heterocycles. The molecular formula is C20H27N3O2. The lowest BCUT2D eigenvalue weighted by Gasteiger charge is -2.36. The summed E-state index contributed by atoms with van der Waals surface area (Å²) in [6, 6.07) is 7.95. The van der Waals surface area contributed by atoms with Crippen LogP contribution in [0.2, 0.25) is 0 Å². The van der Waals surface area contributed by atoms with Crippen LogP contribution in [0.4, 0.5) is 0 Å². The molecule has 1 aromatic carbocycles. The Labute approximate surface area is 149 Å². The lowest BCUT2D eigenvalue weighted by molar-refractivity contribution is -0.138. The number of hydrogen-bond donors (Lipinski definition) is 1. The Morgan fingerprint density at radius 3 is 2.84 bits per heavy atom. The maximum absolute atomic E-state index is 12.7. The Morgan fingerprint density at radius 1 is 1.28 bits per heavy atom. The second-order valence-corrected chi connectivity index (χ2v) is 7.11. The molecule has 134 valence electrons. The molecule has 1 fully saturated rings. The van der Waals surface area contributed by atoms with E-state index >= 15 is 0 Å². The Balaban J connectivity index is 1.67. The van der Waals surface area contributed by atoms with Gasteiger partial charge in [0.25, 0.3) is 0 Å². The van der Waals surface area contributed by atoms with Crippen LogP contribution in [0.15, 0.2) is 35.9 Å². The van der Waals surface area contributed by atoms with Crippen molar-refractivity contribution in [1.29, 1.82) is 0 Å². The van der Waals surface area contributed by atoms with Crippen LogP contribution in [0, 0.1) is 6.92 Å². The van der Waals surface area contributed by atoms with E-state index in [1.807, 2.05) is 11.0 Å². The molecular weight excluding hydrogens is 314 g/mol. The fraction of sp³-hybridized carbons (Fsp3) is 0.500. The monoisotopic (exact) mass is 341 g/mol. The largest absolute Gasteiger partial charge is 0.353 e. The second-order valence-electron chi connectivity index (χ2n) is 7.11. The van der Waals surface area contributed by atoms with E-state index in [9.17, 15) is 9.59 Å². The van der Waals surface area contributed by atoms with Crippen LogP contribution in [0.25, 0.3) is 0 Å². The van der Waals surface area contributed by atoms with Gasteiger partial charge in [0.2, 0.25) is 11.8 Å². The van der Waals surface area contributed by atoms with E-state index in [0.717, 1.165) is 19.5 Å².